The molecule has 0 unspecified atom stereocenters. The SMILES string of the molecule is COc1ccc2oc(=O)c(C(=O)Nc3nc(-c4ccccc4OC)cs3)cc2c1. The summed E-state index contributed by atoms with van der Waals surface area (Å²) >= 11 is 1.25. The Morgan fingerprint density at radius 3 is 2.72 bits per heavy atom. The van der Waals surface area contributed by atoms with Gasteiger partial charge in [-0.05, 0) is 36.4 Å². The highest BCUT2D eigenvalue weighted by atomic mass is 32.1. The number of carbonyl (C=O) groups excluding carboxylic acids is 1. The quantitative estimate of drug-likeness (QED) is 0.498. The third-order valence-corrected chi connectivity index (χ3v) is 5.05. The number of hydrogen-bond donors (Lipinski definition) is 1. The Balaban J connectivity index is 1.62. The maximum absolute atomic E-state index is 12.6. The summed E-state index contributed by atoms with van der Waals surface area (Å²) in [5.74, 6) is 0.684. The molecule has 0 aliphatic heterocycles. The number of thiazole rings is 1. The van der Waals surface area contributed by atoms with Crippen LogP contribution in [-0.4, -0.2) is 25.1 Å². The second-order valence-corrected chi connectivity index (χ2v) is 6.90. The number of anilines is 1. The number of rotatable bonds is 5. The molecule has 0 fully saturated rings. The molecule has 1 N–H and O–H groups in total. The highest BCUT2D eigenvalue weighted by Gasteiger charge is 2.17. The van der Waals surface area contributed by atoms with Crippen molar-refractivity contribution < 1.29 is 18.7 Å². The van der Waals surface area contributed by atoms with Gasteiger partial charge in [-0.3, -0.25) is 10.1 Å². The van der Waals surface area contributed by atoms with Crippen molar-refractivity contribution in [1.29, 1.82) is 0 Å². The summed E-state index contributed by atoms with van der Waals surface area (Å²) in [6.45, 7) is 0. The number of nitrogens with one attached hydrogen (secondary N) is 1. The lowest BCUT2D eigenvalue weighted by atomic mass is 10.1. The first kappa shape index (κ1) is 18.7. The van der Waals surface area contributed by atoms with E-state index in [2.05, 4.69) is 10.3 Å². The third kappa shape index (κ3) is 3.70. The number of ether oxygens (including phenoxy) is 2. The van der Waals surface area contributed by atoms with Crippen LogP contribution >= 0.6 is 11.3 Å². The van der Waals surface area contributed by atoms with E-state index < -0.39 is 11.5 Å². The van der Waals surface area contributed by atoms with Gasteiger partial charge in [-0.1, -0.05) is 12.1 Å². The topological polar surface area (TPSA) is 90.7 Å². The largest absolute Gasteiger partial charge is 0.497 e. The number of methoxy groups -OCH3 is 2. The summed E-state index contributed by atoms with van der Waals surface area (Å²) in [6.07, 6.45) is 0. The zero-order valence-corrected chi connectivity index (χ0v) is 16.4. The van der Waals surface area contributed by atoms with E-state index >= 15 is 0 Å². The normalized spacial score (nSPS) is 10.7. The molecular formula is C21H16N2O5S. The van der Waals surface area contributed by atoms with Crippen LogP contribution in [0.25, 0.3) is 22.2 Å². The molecule has 0 atom stereocenters. The Labute approximate surface area is 169 Å². The Kier molecular flexibility index (Phi) is 5.01. The van der Waals surface area contributed by atoms with Crippen LogP contribution in [0.15, 0.2) is 63.1 Å². The number of amides is 1. The highest BCUT2D eigenvalue weighted by molar-refractivity contribution is 7.14. The van der Waals surface area contributed by atoms with E-state index in [4.69, 9.17) is 13.9 Å². The average Bonchev–Trinajstić information content (AvgIpc) is 3.21. The number of carbonyl (C=O) groups is 1. The molecule has 0 spiro atoms. The van der Waals surface area contributed by atoms with E-state index in [1.165, 1.54) is 24.5 Å². The zero-order valence-electron chi connectivity index (χ0n) is 15.6. The summed E-state index contributed by atoms with van der Waals surface area (Å²) < 4.78 is 15.8. The molecule has 4 aromatic rings. The van der Waals surface area contributed by atoms with E-state index in [0.717, 1.165) is 5.56 Å². The lowest BCUT2D eigenvalue weighted by Gasteiger charge is -2.05. The predicted octanol–water partition coefficient (Wildman–Crippen LogP) is 4.19. The number of hydrogen-bond acceptors (Lipinski definition) is 7. The first-order valence-corrected chi connectivity index (χ1v) is 9.49. The molecule has 0 aliphatic rings. The van der Waals surface area contributed by atoms with Gasteiger partial charge in [0.2, 0.25) is 0 Å². The first-order valence-electron chi connectivity index (χ1n) is 8.61. The molecule has 8 heteroatoms. The Hall–Kier alpha value is -3.65. The van der Waals surface area contributed by atoms with Gasteiger partial charge >= 0.3 is 5.63 Å². The van der Waals surface area contributed by atoms with Crippen molar-refractivity contribution in [2.75, 3.05) is 19.5 Å². The van der Waals surface area contributed by atoms with Gasteiger partial charge in [-0.25, -0.2) is 9.78 Å². The van der Waals surface area contributed by atoms with Crippen LogP contribution in [0.1, 0.15) is 10.4 Å². The van der Waals surface area contributed by atoms with Crippen LogP contribution < -0.4 is 20.4 Å². The second-order valence-electron chi connectivity index (χ2n) is 6.04. The van der Waals surface area contributed by atoms with Crippen molar-refractivity contribution >= 4 is 33.3 Å². The van der Waals surface area contributed by atoms with Gasteiger partial charge in [0.1, 0.15) is 22.6 Å². The number of benzene rings is 2. The number of aromatic nitrogens is 1. The summed E-state index contributed by atoms with van der Waals surface area (Å²) in [5, 5.41) is 5.41. The molecule has 0 bridgehead atoms. The number of para-hydroxylation sites is 1. The van der Waals surface area contributed by atoms with Gasteiger partial charge in [0.15, 0.2) is 5.13 Å². The molecule has 0 saturated heterocycles. The van der Waals surface area contributed by atoms with Crippen molar-refractivity contribution in [1.82, 2.24) is 4.98 Å². The molecule has 0 saturated carbocycles. The summed E-state index contributed by atoms with van der Waals surface area (Å²) in [4.78, 5) is 29.3. The Morgan fingerprint density at radius 2 is 1.93 bits per heavy atom. The minimum absolute atomic E-state index is 0.111. The average molecular weight is 408 g/mol. The fourth-order valence-electron chi connectivity index (χ4n) is 2.86. The second kappa shape index (κ2) is 7.76. The smallest absolute Gasteiger partial charge is 0.349 e. The fraction of sp³-hybridized carbons (Fsp3) is 0.0952. The molecule has 2 aromatic heterocycles. The van der Waals surface area contributed by atoms with E-state index in [9.17, 15) is 9.59 Å². The third-order valence-electron chi connectivity index (χ3n) is 4.29. The molecule has 1 amide bonds. The maximum Gasteiger partial charge on any atom is 0.349 e. The zero-order chi connectivity index (χ0) is 20.4. The number of fused-ring (bicyclic) bond motifs is 1. The van der Waals surface area contributed by atoms with E-state index in [1.807, 2.05) is 24.3 Å². The van der Waals surface area contributed by atoms with Gasteiger partial charge in [0.05, 0.1) is 19.9 Å². The molecule has 2 heterocycles. The van der Waals surface area contributed by atoms with Crippen LogP contribution in [0.4, 0.5) is 5.13 Å². The van der Waals surface area contributed by atoms with Crippen molar-refractivity contribution in [2.45, 2.75) is 0 Å². The monoisotopic (exact) mass is 408 g/mol. The van der Waals surface area contributed by atoms with Crippen molar-refractivity contribution in [3.8, 4) is 22.8 Å². The fourth-order valence-corrected chi connectivity index (χ4v) is 3.57. The van der Waals surface area contributed by atoms with E-state index in [0.29, 0.717) is 33.3 Å². The molecule has 7 nitrogen and oxygen atoms in total. The van der Waals surface area contributed by atoms with Gasteiger partial charge in [-0.15, -0.1) is 11.3 Å². The van der Waals surface area contributed by atoms with Crippen molar-refractivity contribution in [2.24, 2.45) is 0 Å². The number of nitrogens with zero attached hydrogens (tertiary/aromatic N) is 1. The maximum atomic E-state index is 12.6. The van der Waals surface area contributed by atoms with Crippen molar-refractivity contribution in [3.05, 3.63) is 69.9 Å². The summed E-state index contributed by atoms with van der Waals surface area (Å²) in [7, 11) is 3.12. The predicted molar refractivity (Wildman–Crippen MR) is 111 cm³/mol. The Morgan fingerprint density at radius 1 is 1.10 bits per heavy atom. The molecular weight excluding hydrogens is 392 g/mol. The summed E-state index contributed by atoms with van der Waals surface area (Å²) in [5.41, 5.74) is 1.02. The minimum Gasteiger partial charge on any atom is -0.497 e. The van der Waals surface area contributed by atoms with Crippen LogP contribution in [0.3, 0.4) is 0 Å². The van der Waals surface area contributed by atoms with Gasteiger partial charge in [0.25, 0.3) is 5.91 Å². The molecule has 4 rings (SSSR count). The van der Waals surface area contributed by atoms with Crippen molar-refractivity contribution in [3.63, 3.8) is 0 Å². The van der Waals surface area contributed by atoms with Crippen LogP contribution in [0.2, 0.25) is 0 Å². The standard InChI is InChI=1S/C21H16N2O5S/c1-26-13-7-8-17-12(9-13)10-15(20(25)28-17)19(24)23-21-22-16(11-29-21)14-5-3-4-6-18(14)27-2/h3-11H,1-2H3,(H,22,23,24). The molecule has 0 aliphatic carbocycles. The molecule has 29 heavy (non-hydrogen) atoms. The van der Waals surface area contributed by atoms with E-state index in [1.54, 1.807) is 30.7 Å². The lowest BCUT2D eigenvalue weighted by molar-refractivity contribution is 0.102. The molecule has 0 radical (unpaired) electrons. The van der Waals surface area contributed by atoms with E-state index in [-0.39, 0.29) is 5.56 Å². The Bertz CT molecular complexity index is 1260. The highest BCUT2D eigenvalue weighted by Crippen LogP contribution is 2.32. The first-order chi connectivity index (χ1) is 14.1. The minimum atomic E-state index is -0.721. The van der Waals surface area contributed by atoms with Gasteiger partial charge in [0, 0.05) is 16.3 Å². The van der Waals surface area contributed by atoms with Gasteiger partial charge in [-0.2, -0.15) is 0 Å². The van der Waals surface area contributed by atoms with Crippen LogP contribution in [0.5, 0.6) is 11.5 Å². The summed E-state index contributed by atoms with van der Waals surface area (Å²) in [6, 6.07) is 13.9. The molecule has 2 aromatic carbocycles. The van der Waals surface area contributed by atoms with Crippen LogP contribution in [-0.2, 0) is 0 Å². The molecule has 146 valence electrons. The van der Waals surface area contributed by atoms with Crippen LogP contribution in [0, 0.1) is 0 Å². The lowest BCUT2D eigenvalue weighted by Crippen LogP contribution is -2.20. The van der Waals surface area contributed by atoms with Gasteiger partial charge < -0.3 is 13.9 Å².